The quantitative estimate of drug-likeness (QED) is 0.550. The first-order valence-electron chi connectivity index (χ1n) is 10.1. The molecule has 0 saturated carbocycles. The fourth-order valence-electron chi connectivity index (χ4n) is 3.73. The maximum atomic E-state index is 14.2. The van der Waals surface area contributed by atoms with E-state index in [9.17, 15) is 8.78 Å². The van der Waals surface area contributed by atoms with Crippen LogP contribution in [-0.2, 0) is 0 Å². The molecule has 1 atom stereocenters. The molecule has 1 aliphatic heterocycles. The summed E-state index contributed by atoms with van der Waals surface area (Å²) in [7, 11) is 5.36. The van der Waals surface area contributed by atoms with Crippen molar-refractivity contribution in [3.05, 3.63) is 35.4 Å². The number of guanidine groups is 1. The van der Waals surface area contributed by atoms with Gasteiger partial charge in [-0.1, -0.05) is 19.9 Å². The maximum Gasteiger partial charge on any atom is 0.191 e. The van der Waals surface area contributed by atoms with Gasteiger partial charge >= 0.3 is 0 Å². The normalized spacial score (nSPS) is 18.0. The van der Waals surface area contributed by atoms with E-state index in [0.717, 1.165) is 32.5 Å². The fourth-order valence-corrected chi connectivity index (χ4v) is 3.73. The molecule has 2 rings (SSSR count). The van der Waals surface area contributed by atoms with E-state index in [4.69, 9.17) is 0 Å². The van der Waals surface area contributed by atoms with E-state index >= 15 is 0 Å². The third-order valence-electron chi connectivity index (χ3n) is 5.19. The highest BCUT2D eigenvalue weighted by molar-refractivity contribution is 5.80. The average molecular weight is 396 g/mol. The number of benzene rings is 1. The third-order valence-corrected chi connectivity index (χ3v) is 5.19. The minimum absolute atomic E-state index is 0.0810. The van der Waals surface area contributed by atoms with Crippen LogP contribution in [0.15, 0.2) is 23.2 Å². The minimum Gasteiger partial charge on any atom is -0.354 e. The Kier molecular flexibility index (Phi) is 8.63. The number of rotatable bonds is 7. The smallest absolute Gasteiger partial charge is 0.191 e. The molecule has 1 aliphatic rings. The molecule has 1 aromatic rings. The summed E-state index contributed by atoms with van der Waals surface area (Å²) in [5, 5.41) is 6.71. The van der Waals surface area contributed by atoms with Crippen LogP contribution in [0.4, 0.5) is 8.78 Å². The van der Waals surface area contributed by atoms with Crippen molar-refractivity contribution in [2.24, 2.45) is 10.9 Å². The standard InChI is InChI=1S/C21H35F2N5/c1-15(2)14-28-11-9-16(10-12-28)26-21(24-3)25-13-19(27(4)5)20-17(22)7-6-8-18(20)23/h6-8,15-16,19H,9-14H2,1-5H3,(H2,24,25,26). The van der Waals surface area contributed by atoms with Crippen LogP contribution < -0.4 is 10.6 Å². The molecule has 28 heavy (non-hydrogen) atoms. The van der Waals surface area contributed by atoms with Crippen LogP contribution in [0.1, 0.15) is 38.3 Å². The van der Waals surface area contributed by atoms with Crippen LogP contribution in [-0.4, -0.2) is 69.1 Å². The second-order valence-electron chi connectivity index (χ2n) is 8.18. The summed E-state index contributed by atoms with van der Waals surface area (Å²) in [6, 6.07) is 3.91. The largest absolute Gasteiger partial charge is 0.354 e. The van der Waals surface area contributed by atoms with Crippen molar-refractivity contribution in [1.82, 2.24) is 20.4 Å². The van der Waals surface area contributed by atoms with Gasteiger partial charge in [-0.2, -0.15) is 0 Å². The van der Waals surface area contributed by atoms with Gasteiger partial charge in [-0.15, -0.1) is 0 Å². The van der Waals surface area contributed by atoms with E-state index in [1.807, 2.05) is 19.0 Å². The zero-order valence-electron chi connectivity index (χ0n) is 17.8. The Bertz CT molecular complexity index is 619. The number of nitrogens with one attached hydrogen (secondary N) is 2. The van der Waals surface area contributed by atoms with E-state index in [0.29, 0.717) is 24.5 Å². The molecular formula is C21H35F2N5. The first kappa shape index (κ1) is 22.6. The lowest BCUT2D eigenvalue weighted by atomic mass is 10.0. The van der Waals surface area contributed by atoms with Gasteiger partial charge < -0.3 is 20.4 Å². The van der Waals surface area contributed by atoms with Crippen molar-refractivity contribution >= 4 is 5.96 Å². The van der Waals surface area contributed by atoms with Crippen LogP contribution in [0.2, 0.25) is 0 Å². The monoisotopic (exact) mass is 395 g/mol. The molecule has 7 heteroatoms. The Morgan fingerprint density at radius 2 is 1.82 bits per heavy atom. The van der Waals surface area contributed by atoms with Crippen LogP contribution in [0.3, 0.4) is 0 Å². The number of likely N-dealkylation sites (N-methyl/N-ethyl adjacent to an activating group) is 1. The molecule has 1 unspecified atom stereocenters. The summed E-state index contributed by atoms with van der Waals surface area (Å²) in [6.45, 7) is 8.14. The van der Waals surface area contributed by atoms with Crippen LogP contribution in [0.5, 0.6) is 0 Å². The summed E-state index contributed by atoms with van der Waals surface area (Å²) >= 11 is 0. The highest BCUT2D eigenvalue weighted by Gasteiger charge is 2.24. The van der Waals surface area contributed by atoms with Crippen LogP contribution in [0.25, 0.3) is 0 Å². The number of hydrogen-bond donors (Lipinski definition) is 2. The van der Waals surface area contributed by atoms with Gasteiger partial charge in [-0.3, -0.25) is 4.99 Å². The van der Waals surface area contributed by atoms with Crippen molar-refractivity contribution in [2.75, 3.05) is 47.3 Å². The predicted octanol–water partition coefficient (Wildman–Crippen LogP) is 2.85. The van der Waals surface area contributed by atoms with Gasteiger partial charge in [0.25, 0.3) is 0 Å². The lowest BCUT2D eigenvalue weighted by Gasteiger charge is -2.34. The molecule has 0 spiro atoms. The summed E-state index contributed by atoms with van der Waals surface area (Å²) in [5.74, 6) is 0.300. The Balaban J connectivity index is 1.92. The summed E-state index contributed by atoms with van der Waals surface area (Å²) in [6.07, 6.45) is 2.12. The van der Waals surface area contributed by atoms with Gasteiger partial charge in [0.1, 0.15) is 11.6 Å². The number of nitrogens with zero attached hydrogens (tertiary/aromatic N) is 3. The maximum absolute atomic E-state index is 14.2. The second-order valence-corrected chi connectivity index (χ2v) is 8.18. The van der Waals surface area contributed by atoms with E-state index in [2.05, 4.69) is 34.4 Å². The van der Waals surface area contributed by atoms with Gasteiger partial charge in [0.2, 0.25) is 0 Å². The minimum atomic E-state index is -0.527. The molecule has 158 valence electrons. The average Bonchev–Trinajstić information content (AvgIpc) is 2.63. The van der Waals surface area contributed by atoms with Crippen molar-refractivity contribution < 1.29 is 8.78 Å². The highest BCUT2D eigenvalue weighted by atomic mass is 19.1. The lowest BCUT2D eigenvalue weighted by Crippen LogP contribution is -2.50. The summed E-state index contributed by atoms with van der Waals surface area (Å²) in [5.41, 5.74) is 0.0810. The molecule has 0 bridgehead atoms. The van der Waals surface area contributed by atoms with E-state index < -0.39 is 17.7 Å². The first-order chi connectivity index (χ1) is 13.3. The molecule has 2 N–H and O–H groups in total. The zero-order valence-corrected chi connectivity index (χ0v) is 17.8. The molecule has 0 amide bonds. The van der Waals surface area contributed by atoms with Gasteiger partial charge in [0.05, 0.1) is 6.04 Å². The number of halogens is 2. The van der Waals surface area contributed by atoms with E-state index in [1.165, 1.54) is 18.2 Å². The van der Waals surface area contributed by atoms with E-state index in [1.54, 1.807) is 7.05 Å². The lowest BCUT2D eigenvalue weighted by molar-refractivity contribution is 0.186. The number of piperidine rings is 1. The fraction of sp³-hybridized carbons (Fsp3) is 0.667. The molecule has 5 nitrogen and oxygen atoms in total. The number of aliphatic imine (C=N–C) groups is 1. The predicted molar refractivity (Wildman–Crippen MR) is 112 cm³/mol. The molecule has 1 heterocycles. The molecule has 0 aliphatic carbocycles. The van der Waals surface area contributed by atoms with Gasteiger partial charge in [0.15, 0.2) is 5.96 Å². The molecular weight excluding hydrogens is 360 g/mol. The van der Waals surface area contributed by atoms with Gasteiger partial charge in [-0.25, -0.2) is 8.78 Å². The van der Waals surface area contributed by atoms with Crippen molar-refractivity contribution in [3.8, 4) is 0 Å². The zero-order chi connectivity index (χ0) is 20.7. The molecule has 1 aromatic carbocycles. The molecule has 0 radical (unpaired) electrons. The van der Waals surface area contributed by atoms with Crippen LogP contribution in [0, 0.1) is 17.6 Å². The van der Waals surface area contributed by atoms with Gasteiger partial charge in [0, 0.05) is 44.8 Å². The molecule has 1 saturated heterocycles. The van der Waals surface area contributed by atoms with Crippen molar-refractivity contribution in [2.45, 2.75) is 38.8 Å². The Hall–Kier alpha value is -1.73. The SMILES string of the molecule is CN=C(NCC(c1c(F)cccc1F)N(C)C)NC1CCN(CC(C)C)CC1. The number of likely N-dealkylation sites (tertiary alicyclic amines) is 1. The summed E-state index contributed by atoms with van der Waals surface area (Å²) in [4.78, 5) is 8.61. The van der Waals surface area contributed by atoms with Crippen molar-refractivity contribution in [3.63, 3.8) is 0 Å². The topological polar surface area (TPSA) is 42.9 Å². The number of hydrogen-bond acceptors (Lipinski definition) is 3. The van der Waals surface area contributed by atoms with E-state index in [-0.39, 0.29) is 5.56 Å². The Labute approximate surface area is 168 Å². The first-order valence-corrected chi connectivity index (χ1v) is 10.1. The molecule has 1 fully saturated rings. The van der Waals surface area contributed by atoms with Crippen LogP contribution >= 0.6 is 0 Å². The summed E-state index contributed by atoms with van der Waals surface area (Å²) < 4.78 is 28.4. The van der Waals surface area contributed by atoms with Gasteiger partial charge in [-0.05, 0) is 45.0 Å². The third kappa shape index (κ3) is 6.41. The van der Waals surface area contributed by atoms with Crippen molar-refractivity contribution in [1.29, 1.82) is 0 Å². The molecule has 0 aromatic heterocycles. The Morgan fingerprint density at radius 1 is 1.21 bits per heavy atom. The second kappa shape index (κ2) is 10.7. The Morgan fingerprint density at radius 3 is 2.32 bits per heavy atom. The highest BCUT2D eigenvalue weighted by Crippen LogP contribution is 2.23.